The van der Waals surface area contributed by atoms with Crippen LogP contribution in [-0.2, 0) is 10.0 Å². The summed E-state index contributed by atoms with van der Waals surface area (Å²) in [5.41, 5.74) is 0. The first-order chi connectivity index (χ1) is 6.92. The number of hydrogen-bond acceptors (Lipinski definition) is 2. The summed E-state index contributed by atoms with van der Waals surface area (Å²) in [5, 5.41) is -0.227. The lowest BCUT2D eigenvalue weighted by Crippen LogP contribution is -2.28. The molecule has 0 amide bonds. The molecule has 6 heteroatoms. The van der Waals surface area contributed by atoms with E-state index in [1.807, 2.05) is 0 Å². The van der Waals surface area contributed by atoms with Crippen molar-refractivity contribution in [2.24, 2.45) is 0 Å². The van der Waals surface area contributed by atoms with Crippen LogP contribution in [0.25, 0.3) is 0 Å². The lowest BCUT2D eigenvalue weighted by atomic mass is 10.4. The monoisotopic (exact) mass is 311 g/mol. The van der Waals surface area contributed by atoms with Gasteiger partial charge < -0.3 is 0 Å². The summed E-state index contributed by atoms with van der Waals surface area (Å²) in [7, 11) is -3.43. The van der Waals surface area contributed by atoms with Gasteiger partial charge in [-0.05, 0) is 31.2 Å². The first-order valence-electron chi connectivity index (χ1n) is 4.31. The van der Waals surface area contributed by atoms with Gasteiger partial charge in [0.15, 0.2) is 0 Å². The topological polar surface area (TPSA) is 46.2 Å². The molecule has 0 aromatic heterocycles. The van der Waals surface area contributed by atoms with Crippen LogP contribution in [-0.4, -0.2) is 20.3 Å². The van der Waals surface area contributed by atoms with Gasteiger partial charge in [-0.3, -0.25) is 0 Å². The van der Waals surface area contributed by atoms with Crippen molar-refractivity contribution in [3.63, 3.8) is 0 Å². The fraction of sp³-hybridized carbons (Fsp3) is 0.333. The SMILES string of the molecule is CC(Cl)CNS(=O)(=O)c1ccc(Br)cc1. The van der Waals surface area contributed by atoms with Crippen molar-refractivity contribution in [3.05, 3.63) is 28.7 Å². The van der Waals surface area contributed by atoms with E-state index in [0.717, 1.165) is 4.47 Å². The first kappa shape index (κ1) is 13.0. The number of rotatable bonds is 4. The van der Waals surface area contributed by atoms with E-state index in [9.17, 15) is 8.42 Å². The summed E-state index contributed by atoms with van der Waals surface area (Å²) in [6.45, 7) is 1.95. The maximum absolute atomic E-state index is 11.7. The maximum Gasteiger partial charge on any atom is 0.240 e. The Hall–Kier alpha value is -0.100. The van der Waals surface area contributed by atoms with E-state index in [0.29, 0.717) is 0 Å². The molecule has 0 saturated heterocycles. The lowest BCUT2D eigenvalue weighted by Gasteiger charge is -2.07. The summed E-state index contributed by atoms with van der Waals surface area (Å²) in [5.74, 6) is 0. The Morgan fingerprint density at radius 2 is 1.93 bits per heavy atom. The normalized spacial score (nSPS) is 13.8. The summed E-state index contributed by atoms with van der Waals surface area (Å²) in [6, 6.07) is 6.42. The van der Waals surface area contributed by atoms with Crippen molar-refractivity contribution in [1.29, 1.82) is 0 Å². The van der Waals surface area contributed by atoms with Crippen molar-refractivity contribution in [2.75, 3.05) is 6.54 Å². The van der Waals surface area contributed by atoms with E-state index in [2.05, 4.69) is 20.7 Å². The second-order valence-corrected chi connectivity index (χ2v) is 6.51. The van der Waals surface area contributed by atoms with Crippen molar-refractivity contribution in [1.82, 2.24) is 4.72 Å². The second-order valence-electron chi connectivity index (χ2n) is 3.09. The van der Waals surface area contributed by atoms with Crippen LogP contribution in [0.2, 0.25) is 0 Å². The Bertz CT molecular complexity index is 416. The zero-order valence-electron chi connectivity index (χ0n) is 8.07. The molecule has 0 heterocycles. The average Bonchev–Trinajstić information content (AvgIpc) is 2.16. The minimum absolute atomic E-state index is 0.222. The van der Waals surface area contributed by atoms with Crippen LogP contribution in [0, 0.1) is 0 Å². The average molecular weight is 313 g/mol. The Morgan fingerprint density at radius 3 is 2.40 bits per heavy atom. The molecular weight excluding hydrogens is 302 g/mol. The summed E-state index contributed by atoms with van der Waals surface area (Å²) in [4.78, 5) is 0.239. The van der Waals surface area contributed by atoms with E-state index in [4.69, 9.17) is 11.6 Å². The van der Waals surface area contributed by atoms with Crippen LogP contribution >= 0.6 is 27.5 Å². The summed E-state index contributed by atoms with van der Waals surface area (Å²) >= 11 is 8.90. The van der Waals surface area contributed by atoms with Crippen LogP contribution in [0.5, 0.6) is 0 Å². The number of alkyl halides is 1. The molecule has 0 bridgehead atoms. The van der Waals surface area contributed by atoms with Gasteiger partial charge >= 0.3 is 0 Å². The van der Waals surface area contributed by atoms with Gasteiger partial charge in [-0.15, -0.1) is 11.6 Å². The van der Waals surface area contributed by atoms with E-state index in [-0.39, 0.29) is 16.8 Å². The fourth-order valence-electron chi connectivity index (χ4n) is 0.922. The van der Waals surface area contributed by atoms with Crippen LogP contribution in [0.4, 0.5) is 0 Å². The van der Waals surface area contributed by atoms with E-state index in [1.165, 1.54) is 12.1 Å². The van der Waals surface area contributed by atoms with Crippen molar-refractivity contribution >= 4 is 37.6 Å². The first-order valence-corrected chi connectivity index (χ1v) is 7.02. The lowest BCUT2D eigenvalue weighted by molar-refractivity contribution is 0.581. The van der Waals surface area contributed by atoms with E-state index in [1.54, 1.807) is 19.1 Å². The van der Waals surface area contributed by atoms with Crippen molar-refractivity contribution in [2.45, 2.75) is 17.2 Å². The van der Waals surface area contributed by atoms with Crippen LogP contribution in [0.15, 0.2) is 33.6 Å². The predicted molar refractivity (Wildman–Crippen MR) is 64.6 cm³/mol. The second kappa shape index (κ2) is 5.30. The molecule has 0 radical (unpaired) electrons. The standard InChI is InChI=1S/C9H11BrClNO2S/c1-7(11)6-12-15(13,14)9-4-2-8(10)3-5-9/h2-5,7,12H,6H2,1H3. The molecular formula is C9H11BrClNO2S. The number of hydrogen-bond donors (Lipinski definition) is 1. The molecule has 1 unspecified atom stereocenters. The zero-order chi connectivity index (χ0) is 11.5. The van der Waals surface area contributed by atoms with Crippen LogP contribution < -0.4 is 4.72 Å². The van der Waals surface area contributed by atoms with Crippen molar-refractivity contribution < 1.29 is 8.42 Å². The van der Waals surface area contributed by atoms with E-state index >= 15 is 0 Å². The molecule has 1 atom stereocenters. The number of benzene rings is 1. The molecule has 0 saturated carbocycles. The molecule has 0 spiro atoms. The zero-order valence-corrected chi connectivity index (χ0v) is 11.2. The van der Waals surface area contributed by atoms with Crippen LogP contribution in [0.1, 0.15) is 6.92 Å². The third-order valence-corrected chi connectivity index (χ3v) is 3.80. The highest BCUT2D eigenvalue weighted by molar-refractivity contribution is 9.10. The molecule has 15 heavy (non-hydrogen) atoms. The van der Waals surface area contributed by atoms with Gasteiger partial charge in [-0.1, -0.05) is 15.9 Å². The highest BCUT2D eigenvalue weighted by Gasteiger charge is 2.13. The van der Waals surface area contributed by atoms with Gasteiger partial charge in [-0.2, -0.15) is 0 Å². The molecule has 1 aromatic carbocycles. The molecule has 1 rings (SSSR count). The molecule has 0 fully saturated rings. The smallest absolute Gasteiger partial charge is 0.210 e. The molecule has 1 N–H and O–H groups in total. The number of sulfonamides is 1. The van der Waals surface area contributed by atoms with Crippen molar-refractivity contribution in [3.8, 4) is 0 Å². The number of halogens is 2. The molecule has 0 aliphatic carbocycles. The van der Waals surface area contributed by atoms with Gasteiger partial charge in [0.2, 0.25) is 10.0 Å². The molecule has 1 aromatic rings. The van der Waals surface area contributed by atoms with Gasteiger partial charge in [0.1, 0.15) is 0 Å². The molecule has 3 nitrogen and oxygen atoms in total. The minimum Gasteiger partial charge on any atom is -0.210 e. The fourth-order valence-corrected chi connectivity index (χ4v) is 2.49. The molecule has 0 aliphatic heterocycles. The molecule has 0 aliphatic rings. The Balaban J connectivity index is 2.82. The Kier molecular flexibility index (Phi) is 4.58. The quantitative estimate of drug-likeness (QED) is 0.868. The summed E-state index contributed by atoms with van der Waals surface area (Å²) in [6.07, 6.45) is 0. The highest BCUT2D eigenvalue weighted by atomic mass is 79.9. The van der Waals surface area contributed by atoms with Crippen LogP contribution in [0.3, 0.4) is 0 Å². The predicted octanol–water partition coefficient (Wildman–Crippen LogP) is 2.35. The highest BCUT2D eigenvalue weighted by Crippen LogP contribution is 2.14. The minimum atomic E-state index is -3.43. The Labute approximate surface area is 103 Å². The largest absolute Gasteiger partial charge is 0.240 e. The third-order valence-electron chi connectivity index (χ3n) is 1.68. The van der Waals surface area contributed by atoms with Gasteiger partial charge in [0.05, 0.1) is 4.90 Å². The maximum atomic E-state index is 11.7. The summed E-state index contributed by atoms with van der Waals surface area (Å²) < 4.78 is 26.6. The number of nitrogens with one attached hydrogen (secondary N) is 1. The van der Waals surface area contributed by atoms with E-state index < -0.39 is 10.0 Å². The Morgan fingerprint density at radius 1 is 1.40 bits per heavy atom. The third kappa shape index (κ3) is 4.10. The van der Waals surface area contributed by atoms with Gasteiger partial charge in [0.25, 0.3) is 0 Å². The molecule has 84 valence electrons. The van der Waals surface area contributed by atoms with Gasteiger partial charge in [-0.25, -0.2) is 13.1 Å². The van der Waals surface area contributed by atoms with Gasteiger partial charge in [0, 0.05) is 16.4 Å².